The number of halogens is 2. The average Bonchev–Trinajstić information content (AvgIpc) is 2.28. The molecule has 1 aliphatic rings. The van der Waals surface area contributed by atoms with Gasteiger partial charge in [-0.15, -0.1) is 0 Å². The maximum absolute atomic E-state index is 11.7. The van der Waals surface area contributed by atoms with Gasteiger partial charge in [-0.25, -0.2) is 8.78 Å². The van der Waals surface area contributed by atoms with Crippen LogP contribution in [0.15, 0.2) is 0 Å². The van der Waals surface area contributed by atoms with Crippen LogP contribution in [0.25, 0.3) is 0 Å². The maximum atomic E-state index is 11.7. The van der Waals surface area contributed by atoms with E-state index in [1.807, 2.05) is 0 Å². The SMILES string of the molecule is NC1CCCC(C(=O)NCCOCC(F)F)C1. The minimum absolute atomic E-state index is 0.0335. The van der Waals surface area contributed by atoms with Crippen LogP contribution in [0, 0.1) is 5.92 Å². The van der Waals surface area contributed by atoms with Gasteiger partial charge in [0.1, 0.15) is 6.61 Å². The quantitative estimate of drug-likeness (QED) is 0.688. The Labute approximate surface area is 99.9 Å². The van der Waals surface area contributed by atoms with Gasteiger partial charge in [0.25, 0.3) is 6.43 Å². The number of nitrogens with two attached hydrogens (primary N) is 1. The van der Waals surface area contributed by atoms with Crippen molar-refractivity contribution in [1.82, 2.24) is 5.32 Å². The number of hydrogen-bond acceptors (Lipinski definition) is 3. The van der Waals surface area contributed by atoms with Crippen molar-refractivity contribution in [3.63, 3.8) is 0 Å². The first-order chi connectivity index (χ1) is 8.09. The molecule has 4 nitrogen and oxygen atoms in total. The molecule has 1 fully saturated rings. The van der Waals surface area contributed by atoms with Crippen LogP contribution in [-0.4, -0.2) is 38.1 Å². The molecule has 3 N–H and O–H groups in total. The molecule has 1 aliphatic carbocycles. The Morgan fingerprint density at radius 3 is 2.88 bits per heavy atom. The largest absolute Gasteiger partial charge is 0.374 e. The molecule has 0 aromatic rings. The number of carbonyl (C=O) groups is 1. The van der Waals surface area contributed by atoms with Gasteiger partial charge < -0.3 is 15.8 Å². The zero-order valence-electron chi connectivity index (χ0n) is 9.83. The minimum Gasteiger partial charge on any atom is -0.374 e. The third-order valence-corrected chi connectivity index (χ3v) is 2.88. The smallest absolute Gasteiger partial charge is 0.261 e. The van der Waals surface area contributed by atoms with Crippen LogP contribution in [0.4, 0.5) is 8.78 Å². The summed E-state index contributed by atoms with van der Waals surface area (Å²) in [4.78, 5) is 11.7. The topological polar surface area (TPSA) is 64.4 Å². The predicted octanol–water partition coefficient (Wildman–Crippen LogP) is 0.902. The summed E-state index contributed by atoms with van der Waals surface area (Å²) in [6.07, 6.45) is 1.06. The van der Waals surface area contributed by atoms with Gasteiger partial charge in [-0.2, -0.15) is 0 Å². The lowest BCUT2D eigenvalue weighted by atomic mass is 9.85. The zero-order valence-corrected chi connectivity index (χ0v) is 9.83. The second-order valence-corrected chi connectivity index (χ2v) is 4.38. The van der Waals surface area contributed by atoms with Crippen LogP contribution in [0.2, 0.25) is 0 Å². The molecule has 0 radical (unpaired) electrons. The number of amides is 1. The van der Waals surface area contributed by atoms with Gasteiger partial charge in [0.2, 0.25) is 5.91 Å². The van der Waals surface area contributed by atoms with Crippen molar-refractivity contribution in [2.75, 3.05) is 19.8 Å². The molecule has 0 aromatic heterocycles. The highest BCUT2D eigenvalue weighted by atomic mass is 19.3. The van der Waals surface area contributed by atoms with E-state index in [9.17, 15) is 13.6 Å². The van der Waals surface area contributed by atoms with Gasteiger partial charge in [-0.3, -0.25) is 4.79 Å². The van der Waals surface area contributed by atoms with E-state index in [2.05, 4.69) is 10.1 Å². The van der Waals surface area contributed by atoms with Crippen LogP contribution in [0.5, 0.6) is 0 Å². The van der Waals surface area contributed by atoms with E-state index in [4.69, 9.17) is 5.73 Å². The first kappa shape index (κ1) is 14.3. The molecule has 0 saturated heterocycles. The molecule has 0 bridgehead atoms. The van der Waals surface area contributed by atoms with Gasteiger partial charge in [-0.05, 0) is 19.3 Å². The third kappa shape index (κ3) is 5.93. The van der Waals surface area contributed by atoms with Crippen molar-refractivity contribution in [3.05, 3.63) is 0 Å². The Hall–Kier alpha value is -0.750. The van der Waals surface area contributed by atoms with E-state index < -0.39 is 13.0 Å². The van der Waals surface area contributed by atoms with E-state index in [1.54, 1.807) is 0 Å². The van der Waals surface area contributed by atoms with Gasteiger partial charge in [0.05, 0.1) is 6.61 Å². The standard InChI is InChI=1S/C11H20F2N2O2/c12-10(13)7-17-5-4-15-11(16)8-2-1-3-9(14)6-8/h8-10H,1-7,14H2,(H,15,16). The molecule has 2 atom stereocenters. The molecule has 0 heterocycles. The molecule has 6 heteroatoms. The van der Waals surface area contributed by atoms with Gasteiger partial charge in [0.15, 0.2) is 0 Å². The van der Waals surface area contributed by atoms with Crippen LogP contribution < -0.4 is 11.1 Å². The molecular formula is C11H20F2N2O2. The molecule has 2 unspecified atom stereocenters. The first-order valence-corrected chi connectivity index (χ1v) is 5.98. The number of alkyl halides is 2. The minimum atomic E-state index is -2.46. The Morgan fingerprint density at radius 1 is 1.47 bits per heavy atom. The van der Waals surface area contributed by atoms with Crippen molar-refractivity contribution in [3.8, 4) is 0 Å². The summed E-state index contributed by atoms with van der Waals surface area (Å²) in [5, 5.41) is 2.68. The van der Waals surface area contributed by atoms with E-state index in [0.717, 1.165) is 19.3 Å². The summed E-state index contributed by atoms with van der Waals surface area (Å²) in [5.74, 6) is -0.0744. The van der Waals surface area contributed by atoms with Crippen molar-refractivity contribution in [2.24, 2.45) is 11.7 Å². The Bertz CT molecular complexity index is 240. The third-order valence-electron chi connectivity index (χ3n) is 2.88. The van der Waals surface area contributed by atoms with Crippen molar-refractivity contribution >= 4 is 5.91 Å². The number of carbonyl (C=O) groups excluding carboxylic acids is 1. The summed E-state index contributed by atoms with van der Waals surface area (Å²) >= 11 is 0. The molecule has 1 amide bonds. The van der Waals surface area contributed by atoms with E-state index in [0.29, 0.717) is 6.42 Å². The predicted molar refractivity (Wildman–Crippen MR) is 59.8 cm³/mol. The normalized spacial score (nSPS) is 24.9. The summed E-state index contributed by atoms with van der Waals surface area (Å²) in [6, 6.07) is 0.106. The Balaban J connectivity index is 2.08. The lowest BCUT2D eigenvalue weighted by molar-refractivity contribution is -0.126. The molecule has 1 saturated carbocycles. The van der Waals surface area contributed by atoms with Crippen LogP contribution in [0.3, 0.4) is 0 Å². The molecule has 0 aromatic carbocycles. The zero-order chi connectivity index (χ0) is 12.7. The number of hydrogen-bond donors (Lipinski definition) is 2. The number of nitrogens with one attached hydrogen (secondary N) is 1. The summed E-state index contributed by atoms with van der Waals surface area (Å²) in [5.41, 5.74) is 5.78. The molecule has 0 spiro atoms. The summed E-state index contributed by atoms with van der Waals surface area (Å²) < 4.78 is 28.1. The summed E-state index contributed by atoms with van der Waals surface area (Å²) in [7, 11) is 0. The van der Waals surface area contributed by atoms with Gasteiger partial charge in [0, 0.05) is 18.5 Å². The number of rotatable bonds is 6. The molecule has 100 valence electrons. The molecule has 0 aliphatic heterocycles. The van der Waals surface area contributed by atoms with E-state index in [1.165, 1.54) is 0 Å². The Kier molecular flexibility index (Phi) is 6.36. The highest BCUT2D eigenvalue weighted by molar-refractivity contribution is 5.78. The first-order valence-electron chi connectivity index (χ1n) is 5.98. The molecular weight excluding hydrogens is 230 g/mol. The number of ether oxygens (including phenoxy) is 1. The van der Waals surface area contributed by atoms with Gasteiger partial charge in [-0.1, -0.05) is 6.42 Å². The van der Waals surface area contributed by atoms with E-state index in [-0.39, 0.29) is 31.0 Å². The van der Waals surface area contributed by atoms with E-state index >= 15 is 0 Å². The van der Waals surface area contributed by atoms with Crippen LogP contribution in [0.1, 0.15) is 25.7 Å². The highest BCUT2D eigenvalue weighted by Crippen LogP contribution is 2.22. The monoisotopic (exact) mass is 250 g/mol. The second kappa shape index (κ2) is 7.55. The van der Waals surface area contributed by atoms with Crippen molar-refractivity contribution in [1.29, 1.82) is 0 Å². The van der Waals surface area contributed by atoms with Crippen molar-refractivity contribution in [2.45, 2.75) is 38.2 Å². The molecule has 17 heavy (non-hydrogen) atoms. The average molecular weight is 250 g/mol. The van der Waals surface area contributed by atoms with Crippen LogP contribution >= 0.6 is 0 Å². The highest BCUT2D eigenvalue weighted by Gasteiger charge is 2.24. The Morgan fingerprint density at radius 2 is 2.24 bits per heavy atom. The fourth-order valence-electron chi connectivity index (χ4n) is 2.03. The fraction of sp³-hybridized carbons (Fsp3) is 0.909. The molecule has 1 rings (SSSR count). The fourth-order valence-corrected chi connectivity index (χ4v) is 2.03. The van der Waals surface area contributed by atoms with Crippen LogP contribution in [-0.2, 0) is 9.53 Å². The summed E-state index contributed by atoms with van der Waals surface area (Å²) in [6.45, 7) is -0.184. The maximum Gasteiger partial charge on any atom is 0.261 e. The van der Waals surface area contributed by atoms with Gasteiger partial charge >= 0.3 is 0 Å². The lowest BCUT2D eigenvalue weighted by Crippen LogP contribution is -2.39. The lowest BCUT2D eigenvalue weighted by Gasteiger charge is -2.25. The van der Waals surface area contributed by atoms with Crippen molar-refractivity contribution < 1.29 is 18.3 Å². The second-order valence-electron chi connectivity index (χ2n) is 4.38.